The van der Waals surface area contributed by atoms with E-state index in [1.165, 1.54) is 6.08 Å². The Hall–Kier alpha value is -3.15. The molecule has 0 aliphatic heterocycles. The van der Waals surface area contributed by atoms with Gasteiger partial charge in [0.2, 0.25) is 0 Å². The van der Waals surface area contributed by atoms with E-state index >= 15 is 0 Å². The topological polar surface area (TPSA) is 96.8 Å². The van der Waals surface area contributed by atoms with Gasteiger partial charge in [0.05, 0.1) is 20.8 Å². The first-order chi connectivity index (χ1) is 12.5. The summed E-state index contributed by atoms with van der Waals surface area (Å²) in [6.07, 6.45) is 4.46. The molecule has 0 saturated carbocycles. The van der Waals surface area contributed by atoms with Crippen molar-refractivity contribution in [2.75, 3.05) is 32.3 Å². The first-order valence-electron chi connectivity index (χ1n) is 8.24. The number of rotatable bonds is 8. The molecule has 6 heteroatoms. The third-order valence-electron chi connectivity index (χ3n) is 3.82. The molecule has 0 heterocycles. The number of benzene rings is 2. The number of methoxy groups -OCH3 is 2. The first kappa shape index (κ1) is 19.2. The number of ether oxygens (including phenoxy) is 3. The van der Waals surface area contributed by atoms with Crippen LogP contribution in [0.15, 0.2) is 42.5 Å². The average Bonchev–Trinajstić information content (AvgIpc) is 2.64. The second-order valence-electron chi connectivity index (χ2n) is 5.68. The lowest BCUT2D eigenvalue weighted by atomic mass is 10.1. The lowest BCUT2D eigenvalue weighted by Gasteiger charge is -2.08. The Morgan fingerprint density at radius 1 is 1.04 bits per heavy atom. The molecule has 26 heavy (non-hydrogen) atoms. The summed E-state index contributed by atoms with van der Waals surface area (Å²) in [7, 11) is 3.14. The maximum absolute atomic E-state index is 11.8. The molecule has 0 amide bonds. The number of esters is 1. The summed E-state index contributed by atoms with van der Waals surface area (Å²) < 4.78 is 15.6. The van der Waals surface area contributed by atoms with Crippen LogP contribution < -0.4 is 20.9 Å². The van der Waals surface area contributed by atoms with Crippen LogP contribution in [-0.4, -0.2) is 26.8 Å². The SMILES string of the molecule is COc1ccc(/C=C/C(=O)OCCCc2ccc(N)cc2N)cc1OC. The van der Waals surface area contributed by atoms with Crippen molar-refractivity contribution in [1.29, 1.82) is 0 Å². The number of anilines is 2. The van der Waals surface area contributed by atoms with Crippen LogP contribution >= 0.6 is 0 Å². The summed E-state index contributed by atoms with van der Waals surface area (Å²) in [5.41, 5.74) is 14.7. The van der Waals surface area contributed by atoms with Gasteiger partial charge in [0.15, 0.2) is 11.5 Å². The van der Waals surface area contributed by atoms with Gasteiger partial charge < -0.3 is 25.7 Å². The lowest BCUT2D eigenvalue weighted by Crippen LogP contribution is -2.04. The lowest BCUT2D eigenvalue weighted by molar-refractivity contribution is -0.137. The molecular formula is C20H24N2O4. The van der Waals surface area contributed by atoms with E-state index in [9.17, 15) is 4.79 Å². The van der Waals surface area contributed by atoms with Crippen molar-refractivity contribution in [3.63, 3.8) is 0 Å². The standard InChI is InChI=1S/C20H24N2O4/c1-24-18-9-5-14(12-19(18)25-2)6-10-20(23)26-11-3-4-15-7-8-16(21)13-17(15)22/h5-10,12-13H,3-4,11,21-22H2,1-2H3/b10-6+. The van der Waals surface area contributed by atoms with Gasteiger partial charge in [-0.05, 0) is 54.3 Å². The van der Waals surface area contributed by atoms with Gasteiger partial charge in [-0.1, -0.05) is 12.1 Å². The molecule has 6 nitrogen and oxygen atoms in total. The fraction of sp³-hybridized carbons (Fsp3) is 0.250. The minimum absolute atomic E-state index is 0.318. The van der Waals surface area contributed by atoms with Crippen LogP contribution in [0.3, 0.4) is 0 Å². The van der Waals surface area contributed by atoms with Crippen molar-refractivity contribution in [1.82, 2.24) is 0 Å². The van der Waals surface area contributed by atoms with Crippen LogP contribution in [0, 0.1) is 0 Å². The zero-order valence-corrected chi connectivity index (χ0v) is 15.0. The number of nitrogens with two attached hydrogens (primary N) is 2. The van der Waals surface area contributed by atoms with Gasteiger partial charge in [-0.15, -0.1) is 0 Å². The Morgan fingerprint density at radius 2 is 1.81 bits per heavy atom. The number of aryl methyl sites for hydroxylation is 1. The van der Waals surface area contributed by atoms with Crippen LogP contribution in [0.5, 0.6) is 11.5 Å². The largest absolute Gasteiger partial charge is 0.493 e. The van der Waals surface area contributed by atoms with Crippen molar-refractivity contribution in [3.8, 4) is 11.5 Å². The molecule has 2 aromatic rings. The number of nitrogen functional groups attached to an aromatic ring is 2. The molecule has 0 radical (unpaired) electrons. The van der Waals surface area contributed by atoms with Gasteiger partial charge in [0, 0.05) is 17.5 Å². The third-order valence-corrected chi connectivity index (χ3v) is 3.82. The monoisotopic (exact) mass is 356 g/mol. The van der Waals surface area contributed by atoms with Crippen LogP contribution in [0.2, 0.25) is 0 Å². The second kappa shape index (κ2) is 9.36. The number of carbonyl (C=O) groups is 1. The smallest absolute Gasteiger partial charge is 0.330 e. The van der Waals surface area contributed by atoms with E-state index in [1.807, 2.05) is 18.2 Å². The highest BCUT2D eigenvalue weighted by Gasteiger charge is 2.04. The highest BCUT2D eigenvalue weighted by atomic mass is 16.5. The summed E-state index contributed by atoms with van der Waals surface area (Å²) in [6, 6.07) is 10.8. The molecule has 0 fully saturated rings. The Balaban J connectivity index is 1.80. The average molecular weight is 356 g/mol. The van der Waals surface area contributed by atoms with E-state index < -0.39 is 5.97 Å². The molecule has 0 aromatic heterocycles. The summed E-state index contributed by atoms with van der Waals surface area (Å²) in [5.74, 6) is 0.836. The Labute approximate surface area is 153 Å². The molecule has 0 spiro atoms. The van der Waals surface area contributed by atoms with E-state index in [0.717, 1.165) is 17.5 Å². The van der Waals surface area contributed by atoms with Crippen LogP contribution in [-0.2, 0) is 16.0 Å². The normalized spacial score (nSPS) is 10.7. The highest BCUT2D eigenvalue weighted by Crippen LogP contribution is 2.27. The van der Waals surface area contributed by atoms with Crippen LogP contribution in [0.1, 0.15) is 17.5 Å². The minimum Gasteiger partial charge on any atom is -0.493 e. The van der Waals surface area contributed by atoms with E-state index in [0.29, 0.717) is 35.9 Å². The van der Waals surface area contributed by atoms with Gasteiger partial charge in [-0.3, -0.25) is 0 Å². The molecule has 2 aromatic carbocycles. The molecule has 0 saturated heterocycles. The maximum Gasteiger partial charge on any atom is 0.330 e. The van der Waals surface area contributed by atoms with Gasteiger partial charge in [0.1, 0.15) is 0 Å². The van der Waals surface area contributed by atoms with Crippen molar-refractivity contribution in [3.05, 3.63) is 53.6 Å². The third kappa shape index (κ3) is 5.44. The van der Waals surface area contributed by atoms with Gasteiger partial charge in [-0.2, -0.15) is 0 Å². The summed E-state index contributed by atoms with van der Waals surface area (Å²) >= 11 is 0. The molecule has 138 valence electrons. The number of hydrogen-bond donors (Lipinski definition) is 2. The maximum atomic E-state index is 11.8. The highest BCUT2D eigenvalue weighted by molar-refractivity contribution is 5.87. The van der Waals surface area contributed by atoms with Crippen molar-refractivity contribution in [2.24, 2.45) is 0 Å². The van der Waals surface area contributed by atoms with Crippen molar-refractivity contribution >= 4 is 23.4 Å². The van der Waals surface area contributed by atoms with E-state index in [-0.39, 0.29) is 0 Å². The van der Waals surface area contributed by atoms with Crippen LogP contribution in [0.25, 0.3) is 6.08 Å². The Kier molecular flexibility index (Phi) is 6.91. The fourth-order valence-corrected chi connectivity index (χ4v) is 2.45. The molecule has 0 unspecified atom stereocenters. The van der Waals surface area contributed by atoms with Gasteiger partial charge in [-0.25, -0.2) is 4.79 Å². The predicted molar refractivity (Wildman–Crippen MR) is 103 cm³/mol. The number of hydrogen-bond acceptors (Lipinski definition) is 6. The zero-order valence-electron chi connectivity index (χ0n) is 15.0. The zero-order chi connectivity index (χ0) is 18.9. The Bertz CT molecular complexity index is 787. The van der Waals surface area contributed by atoms with Crippen molar-refractivity contribution < 1.29 is 19.0 Å². The molecule has 0 bridgehead atoms. The predicted octanol–water partition coefficient (Wildman–Crippen LogP) is 3.06. The molecule has 4 N–H and O–H groups in total. The fourth-order valence-electron chi connectivity index (χ4n) is 2.45. The number of carbonyl (C=O) groups excluding carboxylic acids is 1. The minimum atomic E-state index is -0.398. The van der Waals surface area contributed by atoms with Crippen LogP contribution in [0.4, 0.5) is 11.4 Å². The molecule has 0 atom stereocenters. The summed E-state index contributed by atoms with van der Waals surface area (Å²) in [4.78, 5) is 11.8. The summed E-state index contributed by atoms with van der Waals surface area (Å²) in [6.45, 7) is 0.318. The van der Waals surface area contributed by atoms with E-state index in [4.69, 9.17) is 25.7 Å². The van der Waals surface area contributed by atoms with Crippen molar-refractivity contribution in [2.45, 2.75) is 12.8 Å². The molecule has 0 aliphatic rings. The summed E-state index contributed by atoms with van der Waals surface area (Å²) in [5, 5.41) is 0. The molecular weight excluding hydrogens is 332 g/mol. The van der Waals surface area contributed by atoms with Gasteiger partial charge >= 0.3 is 5.97 Å². The molecule has 0 aliphatic carbocycles. The second-order valence-corrected chi connectivity index (χ2v) is 5.68. The van der Waals surface area contributed by atoms with E-state index in [1.54, 1.807) is 38.5 Å². The van der Waals surface area contributed by atoms with E-state index in [2.05, 4.69) is 0 Å². The quantitative estimate of drug-likeness (QED) is 0.327. The van der Waals surface area contributed by atoms with Gasteiger partial charge in [0.25, 0.3) is 0 Å². The molecule has 2 rings (SSSR count). The Morgan fingerprint density at radius 3 is 2.50 bits per heavy atom. The first-order valence-corrected chi connectivity index (χ1v) is 8.24.